The minimum absolute atomic E-state index is 0.0204. The highest BCUT2D eigenvalue weighted by molar-refractivity contribution is 6.32. The van der Waals surface area contributed by atoms with E-state index in [1.54, 1.807) is 0 Å². The summed E-state index contributed by atoms with van der Waals surface area (Å²) in [5.74, 6) is 0.241. The Kier molecular flexibility index (Phi) is 6.27. The van der Waals surface area contributed by atoms with Gasteiger partial charge in [0.2, 0.25) is 0 Å². The van der Waals surface area contributed by atoms with Crippen LogP contribution in [0.2, 0.25) is 10.2 Å². The molecule has 0 amide bonds. The number of halogens is 5. The molecule has 1 aromatic carbocycles. The highest BCUT2D eigenvalue weighted by Crippen LogP contribution is 2.30. The van der Waals surface area contributed by atoms with Gasteiger partial charge in [-0.15, -0.1) is 0 Å². The van der Waals surface area contributed by atoms with Gasteiger partial charge in [-0.05, 0) is 19.1 Å². The van der Waals surface area contributed by atoms with E-state index in [4.69, 9.17) is 23.2 Å². The third-order valence-electron chi connectivity index (χ3n) is 4.26. The van der Waals surface area contributed by atoms with Crippen LogP contribution in [0.4, 0.5) is 13.2 Å². The van der Waals surface area contributed by atoms with Gasteiger partial charge in [0.05, 0.1) is 18.8 Å². The largest absolute Gasteiger partial charge is 0.416 e. The highest BCUT2D eigenvalue weighted by Gasteiger charge is 2.39. The maximum atomic E-state index is 12.9. The first-order valence-electron chi connectivity index (χ1n) is 8.57. The maximum Gasteiger partial charge on any atom is 0.416 e. The smallest absolute Gasteiger partial charge is 0.385 e. The number of alkyl halides is 3. The summed E-state index contributed by atoms with van der Waals surface area (Å²) in [5.41, 5.74) is -0.584. The highest BCUT2D eigenvalue weighted by atomic mass is 35.5. The van der Waals surface area contributed by atoms with E-state index in [9.17, 15) is 28.2 Å². The molecule has 2 aromatic heterocycles. The molecule has 1 unspecified atom stereocenters. The number of H-pyrrole nitrogens is 1. The molecule has 0 bridgehead atoms. The van der Waals surface area contributed by atoms with Gasteiger partial charge in [-0.2, -0.15) is 18.3 Å². The summed E-state index contributed by atoms with van der Waals surface area (Å²) in [7, 11) is 0. The zero-order chi connectivity index (χ0) is 22.2. The average molecular weight is 466 g/mol. The molecule has 3 rings (SSSR count). The molecule has 162 valence electrons. The Labute approximate surface area is 177 Å². The molecule has 0 saturated heterocycles. The molecule has 0 spiro atoms. The van der Waals surface area contributed by atoms with Crippen molar-refractivity contribution >= 4 is 23.2 Å². The second kappa shape index (κ2) is 8.42. The van der Waals surface area contributed by atoms with Crippen molar-refractivity contribution in [3.63, 3.8) is 0 Å². The molecule has 30 heavy (non-hydrogen) atoms. The van der Waals surface area contributed by atoms with E-state index in [1.807, 2.05) is 0 Å². The number of hydrogen-bond donors (Lipinski definition) is 3. The zero-order valence-corrected chi connectivity index (χ0v) is 16.9. The van der Waals surface area contributed by atoms with E-state index in [0.717, 1.165) is 9.13 Å². The normalized spacial score (nSPS) is 14.1. The molecule has 13 heteroatoms. The van der Waals surface area contributed by atoms with Gasteiger partial charge in [-0.25, -0.2) is 9.78 Å². The maximum absolute atomic E-state index is 12.9. The topological polar surface area (TPSA) is 109 Å². The first kappa shape index (κ1) is 22.3. The second-order valence-electron chi connectivity index (χ2n) is 6.50. The Hall–Kier alpha value is -2.34. The van der Waals surface area contributed by atoms with Crippen LogP contribution in [0.3, 0.4) is 0 Å². The molecule has 0 fully saturated rings. The Morgan fingerprint density at radius 3 is 2.33 bits per heavy atom. The molecule has 2 atom stereocenters. The fourth-order valence-electron chi connectivity index (χ4n) is 2.74. The number of aliphatic hydroxyl groups excluding tert-OH is 2. The molecule has 0 saturated carbocycles. The molecular weight excluding hydrogens is 450 g/mol. The van der Waals surface area contributed by atoms with Crippen LogP contribution in [0, 0.1) is 0 Å². The number of hydrogen-bond acceptors (Lipinski definition) is 5. The molecule has 0 aliphatic carbocycles. The van der Waals surface area contributed by atoms with Gasteiger partial charge in [-0.3, -0.25) is 14.2 Å². The summed E-state index contributed by atoms with van der Waals surface area (Å²) >= 11 is 12.2. The molecule has 2 heterocycles. The lowest BCUT2D eigenvalue weighted by Gasteiger charge is -2.16. The lowest BCUT2D eigenvalue weighted by Crippen LogP contribution is -2.37. The first-order chi connectivity index (χ1) is 14.0. The van der Waals surface area contributed by atoms with Crippen molar-refractivity contribution in [2.45, 2.75) is 38.4 Å². The van der Waals surface area contributed by atoms with Crippen molar-refractivity contribution in [1.82, 2.24) is 24.3 Å². The van der Waals surface area contributed by atoms with Gasteiger partial charge in [0, 0.05) is 10.6 Å². The van der Waals surface area contributed by atoms with Gasteiger partial charge >= 0.3 is 11.9 Å². The minimum Gasteiger partial charge on any atom is -0.385 e. The summed E-state index contributed by atoms with van der Waals surface area (Å²) < 4.78 is 40.5. The van der Waals surface area contributed by atoms with Gasteiger partial charge < -0.3 is 10.2 Å². The van der Waals surface area contributed by atoms with E-state index in [-0.39, 0.29) is 29.0 Å². The van der Waals surface area contributed by atoms with E-state index in [0.29, 0.717) is 10.6 Å². The van der Waals surface area contributed by atoms with Crippen LogP contribution >= 0.6 is 23.2 Å². The Balaban J connectivity index is 2.10. The van der Waals surface area contributed by atoms with Crippen molar-refractivity contribution in [3.8, 4) is 11.3 Å². The predicted octanol–water partition coefficient (Wildman–Crippen LogP) is 2.77. The van der Waals surface area contributed by atoms with E-state index >= 15 is 0 Å². The summed E-state index contributed by atoms with van der Waals surface area (Å²) in [6.07, 6.45) is -8.64. The van der Waals surface area contributed by atoms with Crippen molar-refractivity contribution in [2.75, 3.05) is 0 Å². The number of aromatic nitrogens is 5. The van der Waals surface area contributed by atoms with Gasteiger partial charge in [-0.1, -0.05) is 35.3 Å². The molecule has 3 N–H and O–H groups in total. The summed E-state index contributed by atoms with van der Waals surface area (Å²) in [6.45, 7) is 0.133. The average Bonchev–Trinajstić information content (AvgIpc) is 3.22. The van der Waals surface area contributed by atoms with Gasteiger partial charge in [0.1, 0.15) is 11.3 Å². The predicted molar refractivity (Wildman–Crippen MR) is 102 cm³/mol. The SMILES string of the molecule is C[C@H](O)c1nc(Cn2c(Cl)c(-c3ccc(Cl)cc3)n(CC(O)C(F)(F)F)c2=O)n[nH]1. The van der Waals surface area contributed by atoms with Crippen molar-refractivity contribution in [1.29, 1.82) is 0 Å². The van der Waals surface area contributed by atoms with Crippen LogP contribution in [-0.2, 0) is 13.1 Å². The summed E-state index contributed by atoms with van der Waals surface area (Å²) in [6, 6.07) is 5.96. The molecule has 3 aromatic rings. The van der Waals surface area contributed by atoms with Crippen molar-refractivity contribution in [3.05, 3.63) is 56.6 Å². The van der Waals surface area contributed by atoms with Crippen molar-refractivity contribution in [2.24, 2.45) is 0 Å². The monoisotopic (exact) mass is 465 g/mol. The lowest BCUT2D eigenvalue weighted by atomic mass is 10.1. The van der Waals surface area contributed by atoms with Crippen LogP contribution in [0.5, 0.6) is 0 Å². The number of nitrogens with one attached hydrogen (secondary N) is 1. The fraction of sp³-hybridized carbons (Fsp3) is 0.353. The summed E-state index contributed by atoms with van der Waals surface area (Å²) in [4.78, 5) is 16.9. The van der Waals surface area contributed by atoms with E-state index < -0.39 is 30.6 Å². The minimum atomic E-state index is -4.93. The number of rotatable bonds is 6. The summed E-state index contributed by atoms with van der Waals surface area (Å²) in [5, 5.41) is 25.6. The second-order valence-corrected chi connectivity index (χ2v) is 7.29. The van der Waals surface area contributed by atoms with Crippen LogP contribution in [0.1, 0.15) is 24.7 Å². The number of imidazole rings is 1. The van der Waals surface area contributed by atoms with Crippen LogP contribution < -0.4 is 5.69 Å². The quantitative estimate of drug-likeness (QED) is 0.518. The Bertz CT molecular complexity index is 1090. The fourth-order valence-corrected chi connectivity index (χ4v) is 3.21. The molecule has 0 aliphatic rings. The third kappa shape index (κ3) is 4.53. The third-order valence-corrected chi connectivity index (χ3v) is 4.89. The standard InChI is InChI=1S/C17H16Cl2F3N5O3/c1-8(28)15-23-12(24-25-15)7-27-14(19)13(9-2-4-10(18)5-3-9)26(16(27)30)6-11(29)17(20,21)22/h2-5,8,11,28-29H,6-7H2,1H3,(H,23,24,25)/t8-,11?/m0/s1. The van der Waals surface area contributed by atoms with Crippen molar-refractivity contribution < 1.29 is 23.4 Å². The molecule has 0 aliphatic heterocycles. The van der Waals surface area contributed by atoms with E-state index in [1.165, 1.54) is 31.2 Å². The Morgan fingerprint density at radius 1 is 1.17 bits per heavy atom. The van der Waals surface area contributed by atoms with Crippen LogP contribution in [0.25, 0.3) is 11.3 Å². The number of nitrogens with zero attached hydrogens (tertiary/aromatic N) is 4. The Morgan fingerprint density at radius 2 is 1.80 bits per heavy atom. The van der Waals surface area contributed by atoms with Gasteiger partial charge in [0.25, 0.3) is 0 Å². The molecular formula is C17H16Cl2F3N5O3. The van der Waals surface area contributed by atoms with E-state index in [2.05, 4.69) is 15.2 Å². The van der Waals surface area contributed by atoms with Gasteiger partial charge in [0.15, 0.2) is 17.8 Å². The zero-order valence-electron chi connectivity index (χ0n) is 15.4. The lowest BCUT2D eigenvalue weighted by molar-refractivity contribution is -0.207. The number of aromatic amines is 1. The van der Waals surface area contributed by atoms with Crippen LogP contribution in [0.15, 0.2) is 29.1 Å². The number of aliphatic hydroxyl groups is 2. The van der Waals surface area contributed by atoms with Crippen LogP contribution in [-0.4, -0.2) is 46.8 Å². The first-order valence-corrected chi connectivity index (χ1v) is 9.33. The number of benzene rings is 1. The molecule has 0 radical (unpaired) electrons. The molecule has 8 nitrogen and oxygen atoms in total.